The van der Waals surface area contributed by atoms with E-state index in [0.717, 1.165) is 9.99 Å². The number of nitrogens with zero attached hydrogens (tertiary/aromatic N) is 1. The highest BCUT2D eigenvalue weighted by Gasteiger charge is 2.16. The number of carbonyl (C=O) groups excluding carboxylic acids is 1. The molecule has 1 amide bonds. The summed E-state index contributed by atoms with van der Waals surface area (Å²) in [6.45, 7) is 5.23. The van der Waals surface area contributed by atoms with Gasteiger partial charge in [0.1, 0.15) is 0 Å². The Morgan fingerprint density at radius 1 is 1.22 bits per heavy atom. The monoisotopic (exact) mass is 361 g/mol. The van der Waals surface area contributed by atoms with E-state index in [9.17, 15) is 9.59 Å². The highest BCUT2D eigenvalue weighted by atomic mass is 127. The van der Waals surface area contributed by atoms with Crippen molar-refractivity contribution in [3.8, 4) is 0 Å². The van der Waals surface area contributed by atoms with Gasteiger partial charge in [-0.25, -0.2) is 4.79 Å². The van der Waals surface area contributed by atoms with E-state index < -0.39 is 5.97 Å². The zero-order valence-corrected chi connectivity index (χ0v) is 12.6. The highest BCUT2D eigenvalue weighted by molar-refractivity contribution is 14.1. The van der Waals surface area contributed by atoms with Gasteiger partial charge >= 0.3 is 5.97 Å². The fraction of sp³-hybridized carbons (Fsp3) is 0.385. The molecule has 0 unspecified atom stereocenters. The van der Waals surface area contributed by atoms with E-state index >= 15 is 0 Å². The van der Waals surface area contributed by atoms with Crippen molar-refractivity contribution in [2.24, 2.45) is 0 Å². The summed E-state index contributed by atoms with van der Waals surface area (Å²) in [5, 5.41) is 8.99. The molecule has 4 nitrogen and oxygen atoms in total. The Hall–Kier alpha value is -1.11. The second kappa shape index (κ2) is 6.72. The first-order valence-corrected chi connectivity index (χ1v) is 6.90. The van der Waals surface area contributed by atoms with Crippen LogP contribution in [0.3, 0.4) is 0 Å². The number of carboxylic acid groups (broad SMARTS) is 1. The summed E-state index contributed by atoms with van der Waals surface area (Å²) in [5.74, 6) is -1.12. The third-order valence-electron chi connectivity index (χ3n) is 2.55. The lowest BCUT2D eigenvalue weighted by atomic mass is 10.1. The topological polar surface area (TPSA) is 57.6 Å². The number of halogens is 1. The Balaban J connectivity index is 3.08. The molecule has 1 rings (SSSR count). The van der Waals surface area contributed by atoms with E-state index in [1.807, 2.05) is 36.4 Å². The number of benzene rings is 1. The van der Waals surface area contributed by atoms with Crippen LogP contribution in [0.5, 0.6) is 0 Å². The van der Waals surface area contributed by atoms with Crippen LogP contribution >= 0.6 is 22.6 Å². The summed E-state index contributed by atoms with van der Waals surface area (Å²) >= 11 is 2.02. The van der Waals surface area contributed by atoms with Gasteiger partial charge in [-0.05, 0) is 54.1 Å². The van der Waals surface area contributed by atoms with Crippen LogP contribution in [0.15, 0.2) is 18.2 Å². The largest absolute Gasteiger partial charge is 0.478 e. The maximum absolute atomic E-state index is 12.2. The number of amides is 1. The fourth-order valence-corrected chi connectivity index (χ4v) is 2.36. The molecule has 0 aliphatic heterocycles. The van der Waals surface area contributed by atoms with Gasteiger partial charge in [0.15, 0.2) is 0 Å². The van der Waals surface area contributed by atoms with Gasteiger partial charge in [0.25, 0.3) is 5.91 Å². The van der Waals surface area contributed by atoms with Gasteiger partial charge in [0.2, 0.25) is 0 Å². The Morgan fingerprint density at radius 2 is 1.83 bits per heavy atom. The molecule has 0 radical (unpaired) electrons. The summed E-state index contributed by atoms with van der Waals surface area (Å²) in [7, 11) is 0. The quantitative estimate of drug-likeness (QED) is 0.821. The minimum atomic E-state index is -1.01. The third-order valence-corrected chi connectivity index (χ3v) is 3.18. The van der Waals surface area contributed by atoms with Crippen molar-refractivity contribution in [2.75, 3.05) is 13.1 Å². The molecule has 0 aromatic heterocycles. The molecule has 1 aromatic rings. The molecule has 0 fully saturated rings. The van der Waals surface area contributed by atoms with E-state index in [-0.39, 0.29) is 11.5 Å². The average molecular weight is 361 g/mol. The van der Waals surface area contributed by atoms with Crippen molar-refractivity contribution in [3.63, 3.8) is 0 Å². The summed E-state index contributed by atoms with van der Waals surface area (Å²) in [5.41, 5.74) is 0.590. The lowest BCUT2D eigenvalue weighted by molar-refractivity contribution is 0.0697. The summed E-state index contributed by atoms with van der Waals surface area (Å²) in [6.07, 6.45) is 0.884. The van der Waals surface area contributed by atoms with Crippen LogP contribution in [0.2, 0.25) is 0 Å². The van der Waals surface area contributed by atoms with E-state index in [2.05, 4.69) is 0 Å². The number of aromatic carboxylic acids is 1. The SMILES string of the molecule is CCCN(CC)C(=O)c1cc(I)cc(C(=O)O)c1. The first kappa shape index (κ1) is 14.9. The first-order chi connectivity index (χ1) is 8.49. The van der Waals surface area contributed by atoms with Crippen LogP contribution in [-0.2, 0) is 0 Å². The minimum Gasteiger partial charge on any atom is -0.478 e. The summed E-state index contributed by atoms with van der Waals surface area (Å²) in [6, 6.07) is 4.70. The molecule has 0 saturated carbocycles. The van der Waals surface area contributed by atoms with Gasteiger partial charge < -0.3 is 10.0 Å². The zero-order chi connectivity index (χ0) is 13.7. The van der Waals surface area contributed by atoms with Crippen molar-refractivity contribution in [1.29, 1.82) is 0 Å². The zero-order valence-electron chi connectivity index (χ0n) is 10.4. The van der Waals surface area contributed by atoms with E-state index in [4.69, 9.17) is 5.11 Å². The Labute approximate surface area is 120 Å². The van der Waals surface area contributed by atoms with Gasteiger partial charge in [0.05, 0.1) is 5.56 Å². The standard InChI is InChI=1S/C13H16INO3/c1-3-5-15(4-2)12(16)9-6-10(13(17)18)8-11(14)7-9/h6-8H,3-5H2,1-2H3,(H,17,18). The lowest BCUT2D eigenvalue weighted by Gasteiger charge is -2.20. The second-order valence-electron chi connectivity index (χ2n) is 3.92. The normalized spacial score (nSPS) is 10.2. The summed E-state index contributed by atoms with van der Waals surface area (Å²) in [4.78, 5) is 24.9. The molecule has 0 bridgehead atoms. The molecule has 0 aliphatic carbocycles. The number of hydrogen-bond donors (Lipinski definition) is 1. The van der Waals surface area contributed by atoms with Crippen LogP contribution in [0.25, 0.3) is 0 Å². The molecular formula is C13H16INO3. The van der Waals surface area contributed by atoms with Crippen LogP contribution in [0.1, 0.15) is 41.0 Å². The van der Waals surface area contributed by atoms with Gasteiger partial charge in [-0.2, -0.15) is 0 Å². The minimum absolute atomic E-state index is 0.111. The van der Waals surface area contributed by atoms with E-state index in [1.54, 1.807) is 17.0 Å². The molecule has 0 heterocycles. The smallest absolute Gasteiger partial charge is 0.335 e. The van der Waals surface area contributed by atoms with Crippen molar-refractivity contribution < 1.29 is 14.7 Å². The molecular weight excluding hydrogens is 345 g/mol. The van der Waals surface area contributed by atoms with E-state index in [1.165, 1.54) is 6.07 Å². The maximum atomic E-state index is 12.2. The average Bonchev–Trinajstić information content (AvgIpc) is 2.34. The molecule has 18 heavy (non-hydrogen) atoms. The maximum Gasteiger partial charge on any atom is 0.335 e. The van der Waals surface area contributed by atoms with Gasteiger partial charge in [-0.3, -0.25) is 4.79 Å². The summed E-state index contributed by atoms with van der Waals surface area (Å²) < 4.78 is 0.753. The van der Waals surface area contributed by atoms with Crippen molar-refractivity contribution in [2.45, 2.75) is 20.3 Å². The predicted octanol–water partition coefficient (Wildman–Crippen LogP) is 2.86. The Bertz CT molecular complexity index is 460. The molecule has 5 heteroatoms. The Morgan fingerprint density at radius 3 is 2.33 bits per heavy atom. The highest BCUT2D eigenvalue weighted by Crippen LogP contribution is 2.15. The number of rotatable bonds is 5. The molecule has 1 aromatic carbocycles. The number of hydrogen-bond acceptors (Lipinski definition) is 2. The third kappa shape index (κ3) is 3.69. The van der Waals surface area contributed by atoms with Crippen LogP contribution < -0.4 is 0 Å². The van der Waals surface area contributed by atoms with Crippen molar-refractivity contribution >= 4 is 34.5 Å². The van der Waals surface area contributed by atoms with Gasteiger partial charge in [0, 0.05) is 22.2 Å². The number of carboxylic acids is 1. The molecule has 0 aliphatic rings. The predicted molar refractivity (Wildman–Crippen MR) is 78.0 cm³/mol. The van der Waals surface area contributed by atoms with E-state index in [0.29, 0.717) is 18.7 Å². The van der Waals surface area contributed by atoms with Gasteiger partial charge in [-0.1, -0.05) is 6.92 Å². The molecule has 1 N–H and O–H groups in total. The molecule has 0 spiro atoms. The first-order valence-electron chi connectivity index (χ1n) is 5.82. The van der Waals surface area contributed by atoms with Crippen LogP contribution in [-0.4, -0.2) is 35.0 Å². The number of carbonyl (C=O) groups is 2. The fourth-order valence-electron chi connectivity index (χ4n) is 1.69. The lowest BCUT2D eigenvalue weighted by Crippen LogP contribution is -2.31. The Kier molecular flexibility index (Phi) is 5.58. The van der Waals surface area contributed by atoms with Gasteiger partial charge in [-0.15, -0.1) is 0 Å². The van der Waals surface area contributed by atoms with Crippen LogP contribution in [0.4, 0.5) is 0 Å². The van der Waals surface area contributed by atoms with Crippen molar-refractivity contribution in [3.05, 3.63) is 32.9 Å². The molecule has 98 valence electrons. The second-order valence-corrected chi connectivity index (χ2v) is 5.16. The molecule has 0 atom stereocenters. The van der Waals surface area contributed by atoms with Crippen LogP contribution in [0, 0.1) is 3.57 Å². The van der Waals surface area contributed by atoms with Crippen molar-refractivity contribution in [1.82, 2.24) is 4.90 Å². The molecule has 0 saturated heterocycles.